The molecular formula is C19H37N. The second-order valence-corrected chi connectivity index (χ2v) is 7.26. The molecule has 0 aliphatic heterocycles. The molecule has 3 unspecified atom stereocenters. The SMILES string of the molecule is CCCCCCCCCCC(NCC)C1C2CCCC21. The molecule has 0 aromatic heterocycles. The van der Waals surface area contributed by atoms with E-state index in [4.69, 9.17) is 0 Å². The first-order valence-electron chi connectivity index (χ1n) is 9.61. The topological polar surface area (TPSA) is 12.0 Å². The summed E-state index contributed by atoms with van der Waals surface area (Å²) in [4.78, 5) is 0. The van der Waals surface area contributed by atoms with Crippen LogP contribution in [-0.4, -0.2) is 12.6 Å². The second-order valence-electron chi connectivity index (χ2n) is 7.26. The standard InChI is InChI=1S/C19H37N/c1-3-5-6-7-8-9-10-11-15-18(20-4-2)19-16-13-12-14-17(16)19/h16-20H,3-15H2,1-2H3. The van der Waals surface area contributed by atoms with Gasteiger partial charge in [0.2, 0.25) is 0 Å². The van der Waals surface area contributed by atoms with Crippen LogP contribution in [0.15, 0.2) is 0 Å². The molecule has 2 rings (SSSR count). The summed E-state index contributed by atoms with van der Waals surface area (Å²) in [6.07, 6.45) is 17.6. The number of fused-ring (bicyclic) bond motifs is 1. The lowest BCUT2D eigenvalue weighted by atomic mass is 9.97. The van der Waals surface area contributed by atoms with Crippen LogP contribution in [0.3, 0.4) is 0 Å². The van der Waals surface area contributed by atoms with E-state index in [2.05, 4.69) is 19.2 Å². The van der Waals surface area contributed by atoms with Crippen molar-refractivity contribution in [1.82, 2.24) is 5.32 Å². The molecule has 2 aliphatic rings. The van der Waals surface area contributed by atoms with Crippen molar-refractivity contribution in [3.63, 3.8) is 0 Å². The van der Waals surface area contributed by atoms with Gasteiger partial charge in [-0.25, -0.2) is 0 Å². The van der Waals surface area contributed by atoms with Crippen molar-refractivity contribution in [3.8, 4) is 0 Å². The molecule has 2 aliphatic carbocycles. The van der Waals surface area contributed by atoms with Gasteiger partial charge >= 0.3 is 0 Å². The minimum absolute atomic E-state index is 0.857. The fraction of sp³-hybridized carbons (Fsp3) is 1.00. The zero-order valence-electron chi connectivity index (χ0n) is 14.0. The van der Waals surface area contributed by atoms with Crippen LogP contribution >= 0.6 is 0 Å². The molecule has 1 heteroatoms. The molecule has 2 saturated carbocycles. The van der Waals surface area contributed by atoms with Crippen molar-refractivity contribution in [2.24, 2.45) is 17.8 Å². The number of hydrogen-bond acceptors (Lipinski definition) is 1. The number of hydrogen-bond donors (Lipinski definition) is 1. The predicted octanol–water partition coefficient (Wildman–Crippen LogP) is 5.54. The zero-order chi connectivity index (χ0) is 14.2. The maximum absolute atomic E-state index is 3.79. The Bertz CT molecular complexity index is 240. The van der Waals surface area contributed by atoms with Gasteiger partial charge in [-0.3, -0.25) is 0 Å². The molecule has 1 nitrogen and oxygen atoms in total. The molecule has 118 valence electrons. The van der Waals surface area contributed by atoms with Gasteiger partial charge in [-0.1, -0.05) is 71.6 Å². The van der Waals surface area contributed by atoms with Gasteiger partial charge in [-0.15, -0.1) is 0 Å². The van der Waals surface area contributed by atoms with E-state index in [0.717, 1.165) is 30.3 Å². The van der Waals surface area contributed by atoms with Gasteiger partial charge in [0.15, 0.2) is 0 Å². The summed E-state index contributed by atoms with van der Waals surface area (Å²) in [5.74, 6) is 3.30. The van der Waals surface area contributed by atoms with Crippen molar-refractivity contribution in [1.29, 1.82) is 0 Å². The van der Waals surface area contributed by atoms with Crippen molar-refractivity contribution in [2.45, 2.75) is 96.9 Å². The number of unbranched alkanes of at least 4 members (excludes halogenated alkanes) is 7. The highest BCUT2D eigenvalue weighted by molar-refractivity contribution is 5.06. The molecule has 0 bridgehead atoms. The first-order valence-corrected chi connectivity index (χ1v) is 9.61. The van der Waals surface area contributed by atoms with Crippen LogP contribution in [0, 0.1) is 17.8 Å². The summed E-state index contributed by atoms with van der Waals surface area (Å²) in [6, 6.07) is 0.857. The Morgan fingerprint density at radius 2 is 1.45 bits per heavy atom. The minimum atomic E-state index is 0.857. The van der Waals surface area contributed by atoms with Gasteiger partial charge in [0.25, 0.3) is 0 Å². The summed E-state index contributed by atoms with van der Waals surface area (Å²) in [5, 5.41) is 3.79. The molecule has 20 heavy (non-hydrogen) atoms. The molecule has 0 spiro atoms. The Morgan fingerprint density at radius 1 is 0.850 bits per heavy atom. The molecule has 0 aromatic carbocycles. The average Bonchev–Trinajstić information content (AvgIpc) is 2.92. The lowest BCUT2D eigenvalue weighted by Gasteiger charge is -2.19. The van der Waals surface area contributed by atoms with E-state index in [1.165, 1.54) is 77.0 Å². The molecule has 0 radical (unpaired) electrons. The van der Waals surface area contributed by atoms with Gasteiger partial charge < -0.3 is 5.32 Å². The molecule has 1 N–H and O–H groups in total. The fourth-order valence-electron chi connectivity index (χ4n) is 4.66. The van der Waals surface area contributed by atoms with E-state index in [1.807, 2.05) is 0 Å². The first kappa shape index (κ1) is 16.3. The van der Waals surface area contributed by atoms with Crippen LogP contribution in [-0.2, 0) is 0 Å². The number of nitrogens with one attached hydrogen (secondary N) is 1. The summed E-state index contributed by atoms with van der Waals surface area (Å²) < 4.78 is 0. The largest absolute Gasteiger partial charge is 0.314 e. The summed E-state index contributed by atoms with van der Waals surface area (Å²) in [5.41, 5.74) is 0. The van der Waals surface area contributed by atoms with Crippen molar-refractivity contribution in [2.75, 3.05) is 6.54 Å². The van der Waals surface area contributed by atoms with E-state index in [9.17, 15) is 0 Å². The van der Waals surface area contributed by atoms with Crippen LogP contribution in [0.5, 0.6) is 0 Å². The molecule has 3 atom stereocenters. The van der Waals surface area contributed by atoms with Crippen LogP contribution in [0.4, 0.5) is 0 Å². The quantitative estimate of drug-likeness (QED) is 0.462. The van der Waals surface area contributed by atoms with Crippen LogP contribution in [0.2, 0.25) is 0 Å². The Hall–Kier alpha value is -0.0400. The van der Waals surface area contributed by atoms with Crippen LogP contribution in [0.25, 0.3) is 0 Å². The summed E-state index contributed by atoms with van der Waals surface area (Å²) in [6.45, 7) is 5.74. The predicted molar refractivity (Wildman–Crippen MR) is 89.0 cm³/mol. The fourth-order valence-corrected chi connectivity index (χ4v) is 4.66. The van der Waals surface area contributed by atoms with E-state index in [1.54, 1.807) is 0 Å². The molecule has 0 heterocycles. The van der Waals surface area contributed by atoms with Crippen molar-refractivity contribution in [3.05, 3.63) is 0 Å². The van der Waals surface area contributed by atoms with Crippen LogP contribution < -0.4 is 5.32 Å². The molecule has 2 fully saturated rings. The van der Waals surface area contributed by atoms with E-state index in [-0.39, 0.29) is 0 Å². The zero-order valence-corrected chi connectivity index (χ0v) is 14.0. The third-order valence-corrected chi connectivity index (χ3v) is 5.77. The monoisotopic (exact) mass is 279 g/mol. The van der Waals surface area contributed by atoms with Crippen molar-refractivity contribution >= 4 is 0 Å². The Morgan fingerprint density at radius 3 is 2.05 bits per heavy atom. The molecular weight excluding hydrogens is 242 g/mol. The second kappa shape index (κ2) is 9.07. The highest BCUT2D eigenvalue weighted by Crippen LogP contribution is 2.59. The van der Waals surface area contributed by atoms with Gasteiger partial charge in [0.1, 0.15) is 0 Å². The summed E-state index contributed by atoms with van der Waals surface area (Å²) in [7, 11) is 0. The van der Waals surface area contributed by atoms with E-state index < -0.39 is 0 Å². The third kappa shape index (κ3) is 4.76. The highest BCUT2D eigenvalue weighted by Gasteiger charge is 2.55. The summed E-state index contributed by atoms with van der Waals surface area (Å²) >= 11 is 0. The molecule has 0 amide bonds. The normalized spacial score (nSPS) is 29.4. The van der Waals surface area contributed by atoms with Crippen LogP contribution in [0.1, 0.15) is 90.9 Å². The smallest absolute Gasteiger partial charge is 0.0101 e. The van der Waals surface area contributed by atoms with Crippen molar-refractivity contribution < 1.29 is 0 Å². The van der Waals surface area contributed by atoms with Gasteiger partial charge in [-0.05, 0) is 43.6 Å². The molecule has 0 saturated heterocycles. The first-order chi connectivity index (χ1) is 9.88. The number of rotatable bonds is 12. The lowest BCUT2D eigenvalue weighted by Crippen LogP contribution is -2.32. The Balaban J connectivity index is 1.50. The maximum Gasteiger partial charge on any atom is 0.0101 e. The molecule has 0 aromatic rings. The minimum Gasteiger partial charge on any atom is -0.314 e. The van der Waals surface area contributed by atoms with E-state index >= 15 is 0 Å². The van der Waals surface area contributed by atoms with Gasteiger partial charge in [0.05, 0.1) is 0 Å². The highest BCUT2D eigenvalue weighted by atomic mass is 14.9. The lowest BCUT2D eigenvalue weighted by molar-refractivity contribution is 0.377. The van der Waals surface area contributed by atoms with Gasteiger partial charge in [-0.2, -0.15) is 0 Å². The average molecular weight is 280 g/mol. The third-order valence-electron chi connectivity index (χ3n) is 5.77. The Kier molecular flexibility index (Phi) is 7.41. The van der Waals surface area contributed by atoms with E-state index in [0.29, 0.717) is 0 Å². The Labute approximate surface area is 127 Å². The maximum atomic E-state index is 3.79. The van der Waals surface area contributed by atoms with Gasteiger partial charge in [0, 0.05) is 6.04 Å².